The highest BCUT2D eigenvalue weighted by atomic mass is 32.2. The monoisotopic (exact) mass is 423 g/mol. The number of hydrogen-bond acceptors (Lipinski definition) is 4. The summed E-state index contributed by atoms with van der Waals surface area (Å²) in [6.07, 6.45) is 0.898. The summed E-state index contributed by atoms with van der Waals surface area (Å²) >= 11 is 1.42. The fourth-order valence-electron chi connectivity index (χ4n) is 3.49. The smallest absolute Gasteiger partial charge is 0.252 e. The van der Waals surface area contributed by atoms with Gasteiger partial charge < -0.3 is 14.8 Å². The highest BCUT2D eigenvalue weighted by Gasteiger charge is 2.10. The van der Waals surface area contributed by atoms with E-state index in [0.29, 0.717) is 18.8 Å². The molecular weight excluding hydrogens is 394 g/mol. The highest BCUT2D eigenvalue weighted by Crippen LogP contribution is 2.26. The first-order valence-electron chi connectivity index (χ1n) is 10.3. The van der Waals surface area contributed by atoms with Gasteiger partial charge in [-0.15, -0.1) is 11.8 Å². The number of benzene rings is 2. The molecule has 0 aliphatic carbocycles. The number of carbonyl (C=O) groups is 1. The van der Waals surface area contributed by atoms with Crippen LogP contribution in [-0.4, -0.2) is 41.3 Å². The molecule has 1 N–H and O–H groups in total. The average Bonchev–Trinajstić information content (AvgIpc) is 2.76. The average molecular weight is 424 g/mol. The summed E-state index contributed by atoms with van der Waals surface area (Å²) in [6, 6.07) is 19.9. The Balaban J connectivity index is 1.46. The number of para-hydroxylation sites is 1. The quantitative estimate of drug-likeness (QED) is 0.399. The number of hydrogen-bond donors (Lipinski definition) is 1. The Hall–Kier alpha value is -2.57. The van der Waals surface area contributed by atoms with Crippen LogP contribution < -0.4 is 10.9 Å². The van der Waals surface area contributed by atoms with Gasteiger partial charge >= 0.3 is 0 Å². The van der Waals surface area contributed by atoms with E-state index >= 15 is 0 Å². The van der Waals surface area contributed by atoms with Crippen molar-refractivity contribution in [1.29, 1.82) is 0 Å². The number of aryl methyl sites for hydroxylation is 1. The van der Waals surface area contributed by atoms with E-state index in [2.05, 4.69) is 41.5 Å². The minimum absolute atomic E-state index is 0.00513. The zero-order valence-electron chi connectivity index (χ0n) is 17.6. The van der Waals surface area contributed by atoms with Crippen LogP contribution in [0.4, 0.5) is 0 Å². The van der Waals surface area contributed by atoms with Crippen LogP contribution in [0.2, 0.25) is 0 Å². The number of rotatable bonds is 10. The van der Waals surface area contributed by atoms with Crippen molar-refractivity contribution in [2.75, 3.05) is 25.9 Å². The maximum atomic E-state index is 12.4. The Morgan fingerprint density at radius 3 is 2.60 bits per heavy atom. The lowest BCUT2D eigenvalue weighted by molar-refractivity contribution is -0.118. The fourth-order valence-corrected chi connectivity index (χ4v) is 4.40. The number of aromatic nitrogens is 1. The molecule has 3 aromatic rings. The topological polar surface area (TPSA) is 54.3 Å². The Kier molecular flexibility index (Phi) is 8.11. The molecule has 1 aromatic heterocycles. The molecule has 0 saturated heterocycles. The molecule has 5 nitrogen and oxygen atoms in total. The maximum Gasteiger partial charge on any atom is 0.252 e. The number of amides is 1. The molecule has 1 amide bonds. The van der Waals surface area contributed by atoms with Crippen molar-refractivity contribution in [3.63, 3.8) is 0 Å². The molecule has 0 radical (unpaired) electrons. The van der Waals surface area contributed by atoms with Gasteiger partial charge in [0.1, 0.15) is 0 Å². The number of carbonyl (C=O) groups excluding carboxylic acids is 1. The van der Waals surface area contributed by atoms with Gasteiger partial charge in [-0.25, -0.2) is 0 Å². The summed E-state index contributed by atoms with van der Waals surface area (Å²) in [5.41, 5.74) is 2.18. The molecule has 0 spiro atoms. The van der Waals surface area contributed by atoms with Crippen LogP contribution in [0.15, 0.2) is 70.4 Å². The van der Waals surface area contributed by atoms with Gasteiger partial charge in [0.05, 0.1) is 11.3 Å². The number of pyridine rings is 1. The van der Waals surface area contributed by atoms with E-state index in [4.69, 9.17) is 0 Å². The zero-order chi connectivity index (χ0) is 21.3. The van der Waals surface area contributed by atoms with Crippen molar-refractivity contribution in [2.45, 2.75) is 31.3 Å². The van der Waals surface area contributed by atoms with Crippen LogP contribution >= 0.6 is 11.8 Å². The molecule has 30 heavy (non-hydrogen) atoms. The van der Waals surface area contributed by atoms with E-state index < -0.39 is 0 Å². The van der Waals surface area contributed by atoms with Crippen LogP contribution in [0.25, 0.3) is 10.9 Å². The van der Waals surface area contributed by atoms with Gasteiger partial charge in [0.25, 0.3) is 5.56 Å². The molecule has 0 unspecified atom stereocenters. The van der Waals surface area contributed by atoms with Crippen molar-refractivity contribution in [3.8, 4) is 0 Å². The van der Waals surface area contributed by atoms with E-state index in [1.807, 2.05) is 37.3 Å². The molecule has 0 aliphatic heterocycles. The lowest BCUT2D eigenvalue weighted by atomic mass is 10.2. The second-order valence-electron chi connectivity index (χ2n) is 7.32. The van der Waals surface area contributed by atoms with Gasteiger partial charge in [0, 0.05) is 36.0 Å². The first kappa shape index (κ1) is 22.1. The molecule has 158 valence electrons. The predicted octanol–water partition coefficient (Wildman–Crippen LogP) is 3.75. The summed E-state index contributed by atoms with van der Waals surface area (Å²) in [7, 11) is 2.09. The molecule has 3 rings (SSSR count). The minimum Gasteiger partial charge on any atom is -0.355 e. The first-order valence-corrected chi connectivity index (χ1v) is 11.3. The third-order valence-electron chi connectivity index (χ3n) is 4.99. The van der Waals surface area contributed by atoms with E-state index in [1.165, 1.54) is 17.3 Å². The number of thioether (sulfide) groups is 1. The predicted molar refractivity (Wildman–Crippen MR) is 125 cm³/mol. The third kappa shape index (κ3) is 5.97. The number of fused-ring (bicyclic) bond motifs is 1. The number of nitrogens with zero attached hydrogens (tertiary/aromatic N) is 2. The number of nitrogens with one attached hydrogen (secondary N) is 1. The molecule has 6 heteroatoms. The molecule has 0 bridgehead atoms. The summed E-state index contributed by atoms with van der Waals surface area (Å²) < 4.78 is 1.76. The fraction of sp³-hybridized carbons (Fsp3) is 0.333. The van der Waals surface area contributed by atoms with Gasteiger partial charge in [-0.1, -0.05) is 48.5 Å². The normalized spacial score (nSPS) is 11.2. The van der Waals surface area contributed by atoms with E-state index in [0.717, 1.165) is 35.3 Å². The summed E-state index contributed by atoms with van der Waals surface area (Å²) in [5, 5.41) is 4.00. The van der Waals surface area contributed by atoms with Crippen molar-refractivity contribution in [1.82, 2.24) is 14.8 Å². The summed E-state index contributed by atoms with van der Waals surface area (Å²) in [6.45, 7) is 5.06. The Bertz CT molecular complexity index is 1030. The molecule has 0 atom stereocenters. The SMILES string of the molecule is CCn1c(=O)cc(SCC(=O)NCCCN(C)Cc2ccccc2)c2ccccc21. The molecule has 1 heterocycles. The van der Waals surface area contributed by atoms with Gasteiger partial charge in [-0.05, 0) is 38.6 Å². The molecular formula is C24H29N3O2S. The van der Waals surface area contributed by atoms with Crippen LogP contribution in [-0.2, 0) is 17.9 Å². The maximum absolute atomic E-state index is 12.4. The van der Waals surface area contributed by atoms with E-state index in [-0.39, 0.29) is 11.5 Å². The van der Waals surface area contributed by atoms with Gasteiger partial charge in [0.2, 0.25) is 5.91 Å². The minimum atomic E-state index is -0.0273. The van der Waals surface area contributed by atoms with Gasteiger partial charge in [0.15, 0.2) is 0 Å². The molecule has 0 saturated carbocycles. The summed E-state index contributed by atoms with van der Waals surface area (Å²) in [5.74, 6) is 0.300. The molecule has 2 aromatic carbocycles. The largest absolute Gasteiger partial charge is 0.355 e. The first-order chi connectivity index (χ1) is 14.6. The zero-order valence-corrected chi connectivity index (χ0v) is 18.5. The van der Waals surface area contributed by atoms with Crippen LogP contribution in [0.3, 0.4) is 0 Å². The van der Waals surface area contributed by atoms with Crippen LogP contribution in [0.5, 0.6) is 0 Å². The second-order valence-corrected chi connectivity index (χ2v) is 8.34. The Morgan fingerprint density at radius 1 is 1.10 bits per heavy atom. The Morgan fingerprint density at radius 2 is 1.83 bits per heavy atom. The Labute approximate surface area is 182 Å². The van der Waals surface area contributed by atoms with Crippen LogP contribution in [0, 0.1) is 0 Å². The van der Waals surface area contributed by atoms with Crippen LogP contribution in [0.1, 0.15) is 18.9 Å². The molecule has 0 fully saturated rings. The van der Waals surface area contributed by atoms with Crippen molar-refractivity contribution < 1.29 is 4.79 Å². The van der Waals surface area contributed by atoms with Gasteiger partial charge in [-0.2, -0.15) is 0 Å². The van der Waals surface area contributed by atoms with Crippen molar-refractivity contribution >= 4 is 28.6 Å². The lowest BCUT2D eigenvalue weighted by Crippen LogP contribution is -2.29. The second kappa shape index (κ2) is 11.0. The van der Waals surface area contributed by atoms with Gasteiger partial charge in [-0.3, -0.25) is 9.59 Å². The lowest BCUT2D eigenvalue weighted by Gasteiger charge is -2.16. The highest BCUT2D eigenvalue weighted by molar-refractivity contribution is 8.00. The van der Waals surface area contributed by atoms with E-state index in [1.54, 1.807) is 10.6 Å². The van der Waals surface area contributed by atoms with E-state index in [9.17, 15) is 9.59 Å². The van der Waals surface area contributed by atoms with Crippen molar-refractivity contribution in [3.05, 3.63) is 76.6 Å². The standard InChI is InChI=1S/C24H29N3O2S/c1-3-27-21-13-8-7-12-20(21)22(16-24(27)29)30-18-23(28)25-14-9-15-26(2)17-19-10-5-4-6-11-19/h4-8,10-13,16H,3,9,14-15,17-18H2,1-2H3,(H,25,28). The third-order valence-corrected chi connectivity index (χ3v) is 6.05. The summed E-state index contributed by atoms with van der Waals surface area (Å²) in [4.78, 5) is 27.8. The van der Waals surface area contributed by atoms with Crippen molar-refractivity contribution in [2.24, 2.45) is 0 Å². The molecule has 0 aliphatic rings.